The van der Waals surface area contributed by atoms with Gasteiger partial charge in [0.2, 0.25) is 0 Å². The van der Waals surface area contributed by atoms with Crippen molar-refractivity contribution in [3.8, 4) is 5.75 Å². The van der Waals surface area contributed by atoms with Crippen molar-refractivity contribution in [3.63, 3.8) is 0 Å². The van der Waals surface area contributed by atoms with Gasteiger partial charge in [0, 0.05) is 17.2 Å². The first kappa shape index (κ1) is 18.0. The molecule has 126 valence electrons. The second kappa shape index (κ2) is 8.49. The zero-order valence-electron chi connectivity index (χ0n) is 13.4. The highest BCUT2D eigenvalue weighted by atomic mass is 79.9. The van der Waals surface area contributed by atoms with Crippen molar-refractivity contribution < 1.29 is 19.1 Å². The lowest BCUT2D eigenvalue weighted by Crippen LogP contribution is -2.34. The number of hydrogen-bond acceptors (Lipinski definition) is 4. The van der Waals surface area contributed by atoms with Gasteiger partial charge in [-0.25, -0.2) is 4.79 Å². The third-order valence-electron chi connectivity index (χ3n) is 3.31. The topological polar surface area (TPSA) is 55.8 Å². The van der Waals surface area contributed by atoms with E-state index in [9.17, 15) is 9.59 Å². The number of carbonyl (C=O) groups is 2. The standard InChI is InChI=1S/C18H18BrNO4/c1-13(24-16-10-8-14(19)9-11-16)18(22)23-12-17(21)20(2)15-6-4-3-5-7-15/h3-11,13H,12H2,1-2H3/t13-/m0/s1. The van der Waals surface area contributed by atoms with Gasteiger partial charge in [-0.3, -0.25) is 4.79 Å². The molecular weight excluding hydrogens is 374 g/mol. The van der Waals surface area contributed by atoms with Crippen LogP contribution in [0, 0.1) is 0 Å². The van der Waals surface area contributed by atoms with Gasteiger partial charge in [-0.2, -0.15) is 0 Å². The van der Waals surface area contributed by atoms with Crippen molar-refractivity contribution in [2.75, 3.05) is 18.6 Å². The minimum atomic E-state index is -0.805. The molecule has 1 atom stereocenters. The van der Waals surface area contributed by atoms with Crippen molar-refractivity contribution in [1.29, 1.82) is 0 Å². The Morgan fingerprint density at radius 2 is 1.71 bits per heavy atom. The lowest BCUT2D eigenvalue weighted by molar-refractivity contribution is -0.154. The molecule has 0 aromatic heterocycles. The van der Waals surface area contributed by atoms with E-state index in [1.165, 1.54) is 4.90 Å². The second-order valence-electron chi connectivity index (χ2n) is 5.11. The molecule has 2 aromatic carbocycles. The van der Waals surface area contributed by atoms with Crippen LogP contribution in [0.4, 0.5) is 5.69 Å². The molecule has 0 fully saturated rings. The molecule has 0 aliphatic rings. The smallest absolute Gasteiger partial charge is 0.347 e. The molecule has 0 bridgehead atoms. The molecule has 0 aliphatic heterocycles. The first-order valence-electron chi connectivity index (χ1n) is 7.38. The lowest BCUT2D eigenvalue weighted by atomic mass is 10.3. The van der Waals surface area contributed by atoms with E-state index in [-0.39, 0.29) is 12.5 Å². The van der Waals surface area contributed by atoms with Crippen LogP contribution in [0.5, 0.6) is 5.75 Å². The van der Waals surface area contributed by atoms with Gasteiger partial charge >= 0.3 is 5.97 Å². The van der Waals surface area contributed by atoms with E-state index in [1.54, 1.807) is 38.2 Å². The van der Waals surface area contributed by atoms with Crippen molar-refractivity contribution in [3.05, 3.63) is 59.1 Å². The monoisotopic (exact) mass is 391 g/mol. The zero-order valence-corrected chi connectivity index (χ0v) is 15.0. The zero-order chi connectivity index (χ0) is 17.5. The lowest BCUT2D eigenvalue weighted by Gasteiger charge is -2.18. The molecule has 0 radical (unpaired) electrons. The van der Waals surface area contributed by atoms with Crippen LogP contribution in [0.3, 0.4) is 0 Å². The van der Waals surface area contributed by atoms with Gasteiger partial charge in [0.05, 0.1) is 0 Å². The number of para-hydroxylation sites is 1. The summed E-state index contributed by atoms with van der Waals surface area (Å²) in [6.07, 6.45) is -0.805. The number of halogens is 1. The van der Waals surface area contributed by atoms with E-state index in [2.05, 4.69) is 15.9 Å². The Kier molecular flexibility index (Phi) is 6.37. The molecule has 2 rings (SSSR count). The molecule has 0 aliphatic carbocycles. The van der Waals surface area contributed by atoms with Crippen molar-refractivity contribution in [2.45, 2.75) is 13.0 Å². The molecule has 2 aromatic rings. The van der Waals surface area contributed by atoms with E-state index in [0.29, 0.717) is 5.75 Å². The summed E-state index contributed by atoms with van der Waals surface area (Å²) in [5.41, 5.74) is 0.734. The highest BCUT2D eigenvalue weighted by Crippen LogP contribution is 2.17. The van der Waals surface area contributed by atoms with Crippen LogP contribution in [-0.4, -0.2) is 31.6 Å². The Hall–Kier alpha value is -2.34. The number of hydrogen-bond donors (Lipinski definition) is 0. The summed E-state index contributed by atoms with van der Waals surface area (Å²) in [6.45, 7) is 1.24. The van der Waals surface area contributed by atoms with Crippen LogP contribution in [-0.2, 0) is 14.3 Å². The number of amides is 1. The Morgan fingerprint density at radius 1 is 1.08 bits per heavy atom. The van der Waals surface area contributed by atoms with E-state index in [1.807, 2.05) is 30.3 Å². The van der Waals surface area contributed by atoms with Crippen LogP contribution in [0.25, 0.3) is 0 Å². The number of likely N-dealkylation sites (N-methyl/N-ethyl adjacent to an activating group) is 1. The number of esters is 1. The fourth-order valence-corrected chi connectivity index (χ4v) is 2.17. The fourth-order valence-electron chi connectivity index (χ4n) is 1.91. The van der Waals surface area contributed by atoms with Crippen LogP contribution in [0.1, 0.15) is 6.92 Å². The maximum absolute atomic E-state index is 12.1. The molecular formula is C18H18BrNO4. The Morgan fingerprint density at radius 3 is 2.33 bits per heavy atom. The molecule has 0 N–H and O–H groups in total. The molecule has 1 amide bonds. The molecule has 0 spiro atoms. The van der Waals surface area contributed by atoms with Gasteiger partial charge in [0.1, 0.15) is 5.75 Å². The summed E-state index contributed by atoms with van der Waals surface area (Å²) < 4.78 is 11.4. The fraction of sp³-hybridized carbons (Fsp3) is 0.222. The summed E-state index contributed by atoms with van der Waals surface area (Å²) >= 11 is 3.32. The first-order valence-corrected chi connectivity index (χ1v) is 8.17. The highest BCUT2D eigenvalue weighted by Gasteiger charge is 2.19. The van der Waals surface area contributed by atoms with Gasteiger partial charge in [-0.05, 0) is 43.3 Å². The number of anilines is 1. The van der Waals surface area contributed by atoms with Crippen molar-refractivity contribution >= 4 is 33.5 Å². The van der Waals surface area contributed by atoms with Crippen LogP contribution in [0.2, 0.25) is 0 Å². The average Bonchev–Trinajstić information content (AvgIpc) is 2.61. The molecule has 5 nitrogen and oxygen atoms in total. The third-order valence-corrected chi connectivity index (χ3v) is 3.84. The minimum Gasteiger partial charge on any atom is -0.479 e. The quantitative estimate of drug-likeness (QED) is 0.707. The van der Waals surface area contributed by atoms with E-state index in [4.69, 9.17) is 9.47 Å². The number of rotatable bonds is 6. The molecule has 0 saturated carbocycles. The summed E-state index contributed by atoms with van der Waals surface area (Å²) in [5.74, 6) is -0.353. The van der Waals surface area contributed by atoms with Gasteiger partial charge in [0.25, 0.3) is 5.91 Å². The Labute approximate surface area is 149 Å². The molecule has 24 heavy (non-hydrogen) atoms. The van der Waals surface area contributed by atoms with Crippen LogP contribution in [0.15, 0.2) is 59.1 Å². The second-order valence-corrected chi connectivity index (χ2v) is 6.03. The number of ether oxygens (including phenoxy) is 2. The van der Waals surface area contributed by atoms with Crippen molar-refractivity contribution in [1.82, 2.24) is 0 Å². The first-order chi connectivity index (χ1) is 11.5. The maximum Gasteiger partial charge on any atom is 0.347 e. The van der Waals surface area contributed by atoms with Crippen LogP contribution < -0.4 is 9.64 Å². The SMILES string of the molecule is C[C@H](Oc1ccc(Br)cc1)C(=O)OCC(=O)N(C)c1ccccc1. The van der Waals surface area contributed by atoms with Gasteiger partial charge in [-0.1, -0.05) is 34.1 Å². The molecule has 6 heteroatoms. The van der Waals surface area contributed by atoms with Gasteiger partial charge in [0.15, 0.2) is 12.7 Å². The van der Waals surface area contributed by atoms with E-state index in [0.717, 1.165) is 10.2 Å². The number of benzene rings is 2. The molecule has 0 heterocycles. The summed E-state index contributed by atoms with van der Waals surface area (Å²) in [6, 6.07) is 16.2. The maximum atomic E-state index is 12.1. The summed E-state index contributed by atoms with van der Waals surface area (Å²) in [4.78, 5) is 25.5. The minimum absolute atomic E-state index is 0.314. The predicted molar refractivity (Wildman–Crippen MR) is 95.0 cm³/mol. The Bertz CT molecular complexity index is 688. The molecule has 0 saturated heterocycles. The van der Waals surface area contributed by atoms with E-state index < -0.39 is 12.1 Å². The normalized spacial score (nSPS) is 11.5. The van der Waals surface area contributed by atoms with E-state index >= 15 is 0 Å². The summed E-state index contributed by atoms with van der Waals surface area (Å²) in [7, 11) is 1.63. The molecule has 0 unspecified atom stereocenters. The third kappa shape index (κ3) is 5.09. The highest BCUT2D eigenvalue weighted by molar-refractivity contribution is 9.10. The summed E-state index contributed by atoms with van der Waals surface area (Å²) in [5, 5.41) is 0. The average molecular weight is 392 g/mol. The number of nitrogens with zero attached hydrogens (tertiary/aromatic N) is 1. The Balaban J connectivity index is 1.83. The van der Waals surface area contributed by atoms with Gasteiger partial charge in [-0.15, -0.1) is 0 Å². The van der Waals surface area contributed by atoms with Crippen LogP contribution >= 0.6 is 15.9 Å². The largest absolute Gasteiger partial charge is 0.479 e. The number of carbonyl (C=O) groups excluding carboxylic acids is 2. The van der Waals surface area contributed by atoms with Crippen molar-refractivity contribution in [2.24, 2.45) is 0 Å². The predicted octanol–water partition coefficient (Wildman–Crippen LogP) is 3.42. The van der Waals surface area contributed by atoms with Gasteiger partial charge < -0.3 is 14.4 Å².